The number of rotatable bonds is 7. The number of hydrogen-bond acceptors (Lipinski definition) is 7. The fourth-order valence-corrected chi connectivity index (χ4v) is 3.51. The maximum absolute atomic E-state index is 12.1. The number of nitrogens with one attached hydrogen (secondary N) is 1. The van der Waals surface area contributed by atoms with Crippen molar-refractivity contribution in [2.75, 3.05) is 25.2 Å². The van der Waals surface area contributed by atoms with Gasteiger partial charge >= 0.3 is 6.09 Å². The molecule has 2 aromatic carbocycles. The molecule has 0 aliphatic heterocycles. The number of carbonyl (C=O) groups excluding carboxylic acids is 1. The number of ether oxygens (including phenoxy) is 2. The van der Waals surface area contributed by atoms with Gasteiger partial charge in [-0.1, -0.05) is 12.1 Å². The minimum absolute atomic E-state index is 0.475. The number of benzene rings is 2. The minimum Gasteiger partial charge on any atom is -0.494 e. The lowest BCUT2D eigenvalue weighted by Gasteiger charge is -2.20. The van der Waals surface area contributed by atoms with Gasteiger partial charge in [0.05, 0.1) is 18.4 Å². The van der Waals surface area contributed by atoms with Crippen molar-refractivity contribution in [3.63, 3.8) is 0 Å². The van der Waals surface area contributed by atoms with Gasteiger partial charge in [-0.3, -0.25) is 14.9 Å². The zero-order chi connectivity index (χ0) is 24.2. The standard InChI is InChI=1S/C24H32N6O3/c1-24(2,3)33-23(31)27-18-9-7-8-16(10-18)13-29(4)14-17-11-19(21(32-6)20(25)12-17)22-26-15-30(5)28-22/h7-12,15H,13-14,25H2,1-6H3,(H,27,31). The highest BCUT2D eigenvalue weighted by Crippen LogP contribution is 2.34. The molecule has 0 unspecified atom stereocenters. The first-order valence-electron chi connectivity index (χ1n) is 10.6. The highest BCUT2D eigenvalue weighted by molar-refractivity contribution is 5.85. The van der Waals surface area contributed by atoms with Crippen LogP contribution in [0.1, 0.15) is 31.9 Å². The van der Waals surface area contributed by atoms with E-state index in [0.717, 1.165) is 16.7 Å². The van der Waals surface area contributed by atoms with Gasteiger partial charge in [0, 0.05) is 25.8 Å². The van der Waals surface area contributed by atoms with Crippen molar-refractivity contribution < 1.29 is 14.3 Å². The second-order valence-corrected chi connectivity index (χ2v) is 9.01. The van der Waals surface area contributed by atoms with Crippen LogP contribution in [0.15, 0.2) is 42.7 Å². The molecule has 9 heteroatoms. The number of anilines is 2. The Balaban J connectivity index is 1.72. The lowest BCUT2D eigenvalue weighted by Crippen LogP contribution is -2.27. The molecule has 0 atom stereocenters. The molecule has 0 saturated carbocycles. The molecule has 0 bridgehead atoms. The summed E-state index contributed by atoms with van der Waals surface area (Å²) in [6, 6.07) is 11.6. The Bertz CT molecular complexity index is 1120. The number of hydrogen-bond donors (Lipinski definition) is 2. The molecule has 3 N–H and O–H groups in total. The van der Waals surface area contributed by atoms with Gasteiger partial charge in [0.2, 0.25) is 0 Å². The average molecular weight is 453 g/mol. The largest absolute Gasteiger partial charge is 0.494 e. The van der Waals surface area contributed by atoms with E-state index in [1.807, 2.05) is 71.3 Å². The quantitative estimate of drug-likeness (QED) is 0.521. The van der Waals surface area contributed by atoms with Gasteiger partial charge in [0.25, 0.3) is 0 Å². The summed E-state index contributed by atoms with van der Waals surface area (Å²) in [7, 11) is 5.42. The number of nitrogens with zero attached hydrogens (tertiary/aromatic N) is 4. The average Bonchev–Trinajstić information content (AvgIpc) is 3.12. The topological polar surface area (TPSA) is 108 Å². The number of aromatic nitrogens is 3. The first-order chi connectivity index (χ1) is 15.5. The molecule has 0 spiro atoms. The molecule has 1 heterocycles. The summed E-state index contributed by atoms with van der Waals surface area (Å²) < 4.78 is 12.5. The predicted molar refractivity (Wildman–Crippen MR) is 129 cm³/mol. The Hall–Kier alpha value is -3.59. The van der Waals surface area contributed by atoms with Gasteiger partial charge < -0.3 is 15.2 Å². The predicted octanol–water partition coefficient (Wildman–Crippen LogP) is 4.05. The van der Waals surface area contributed by atoms with E-state index in [2.05, 4.69) is 20.3 Å². The van der Waals surface area contributed by atoms with Crippen LogP contribution in [-0.4, -0.2) is 45.5 Å². The summed E-state index contributed by atoms with van der Waals surface area (Å²) >= 11 is 0. The van der Waals surface area contributed by atoms with E-state index in [9.17, 15) is 4.79 Å². The zero-order valence-corrected chi connectivity index (χ0v) is 20.0. The smallest absolute Gasteiger partial charge is 0.412 e. The second kappa shape index (κ2) is 9.91. The Kier molecular flexibility index (Phi) is 7.23. The molecule has 176 valence electrons. The third-order valence-electron chi connectivity index (χ3n) is 4.70. The van der Waals surface area contributed by atoms with E-state index in [1.54, 1.807) is 18.1 Å². The molecule has 3 aromatic rings. The minimum atomic E-state index is -0.550. The van der Waals surface area contributed by atoms with E-state index in [0.29, 0.717) is 36.0 Å². The van der Waals surface area contributed by atoms with Crippen molar-refractivity contribution in [1.82, 2.24) is 19.7 Å². The van der Waals surface area contributed by atoms with Gasteiger partial charge in [-0.25, -0.2) is 9.78 Å². The van der Waals surface area contributed by atoms with E-state index < -0.39 is 11.7 Å². The van der Waals surface area contributed by atoms with Crippen LogP contribution in [0.4, 0.5) is 16.2 Å². The van der Waals surface area contributed by atoms with Crippen LogP contribution in [0.2, 0.25) is 0 Å². The highest BCUT2D eigenvalue weighted by Gasteiger charge is 2.17. The number of nitrogens with two attached hydrogens (primary N) is 1. The third kappa shape index (κ3) is 6.69. The lowest BCUT2D eigenvalue weighted by atomic mass is 10.1. The van der Waals surface area contributed by atoms with E-state index in [1.165, 1.54) is 0 Å². The Morgan fingerprint density at radius 2 is 1.91 bits per heavy atom. The SMILES string of the molecule is COc1c(N)cc(CN(C)Cc2cccc(NC(=O)OC(C)(C)C)c2)cc1-c1ncn(C)n1. The fraction of sp³-hybridized carbons (Fsp3) is 0.375. The molecule has 1 amide bonds. The van der Waals surface area contributed by atoms with Gasteiger partial charge in [0.15, 0.2) is 11.6 Å². The first kappa shape index (κ1) is 24.1. The van der Waals surface area contributed by atoms with Crippen molar-refractivity contribution in [2.45, 2.75) is 39.5 Å². The maximum atomic E-state index is 12.1. The third-order valence-corrected chi connectivity index (χ3v) is 4.70. The molecule has 0 saturated heterocycles. The van der Waals surface area contributed by atoms with Crippen LogP contribution < -0.4 is 15.8 Å². The highest BCUT2D eigenvalue weighted by atomic mass is 16.6. The maximum Gasteiger partial charge on any atom is 0.412 e. The number of amides is 1. The fourth-order valence-electron chi connectivity index (χ4n) is 3.51. The van der Waals surface area contributed by atoms with E-state index in [4.69, 9.17) is 15.2 Å². The second-order valence-electron chi connectivity index (χ2n) is 9.01. The van der Waals surface area contributed by atoms with E-state index >= 15 is 0 Å². The summed E-state index contributed by atoms with van der Waals surface area (Å²) in [6.45, 7) is 6.82. The van der Waals surface area contributed by atoms with Crippen LogP contribution in [0.5, 0.6) is 5.75 Å². The molecule has 0 fully saturated rings. The van der Waals surface area contributed by atoms with Crippen LogP contribution in [0.25, 0.3) is 11.4 Å². The van der Waals surface area contributed by atoms with Crippen LogP contribution in [-0.2, 0) is 24.9 Å². The molecule has 3 rings (SSSR count). The first-order valence-corrected chi connectivity index (χ1v) is 10.6. The molecular weight excluding hydrogens is 420 g/mol. The lowest BCUT2D eigenvalue weighted by molar-refractivity contribution is 0.0636. The summed E-state index contributed by atoms with van der Waals surface area (Å²) in [4.78, 5) is 18.6. The van der Waals surface area contributed by atoms with Crippen molar-refractivity contribution in [3.8, 4) is 17.1 Å². The summed E-state index contributed by atoms with van der Waals surface area (Å²) in [5.41, 5.74) is 9.76. The van der Waals surface area contributed by atoms with Gasteiger partial charge in [-0.2, -0.15) is 5.10 Å². The number of aryl methyl sites for hydroxylation is 1. The zero-order valence-electron chi connectivity index (χ0n) is 20.0. The Morgan fingerprint density at radius 3 is 2.55 bits per heavy atom. The molecule has 0 aliphatic carbocycles. The summed E-state index contributed by atoms with van der Waals surface area (Å²) in [5, 5.41) is 7.17. The van der Waals surface area contributed by atoms with E-state index in [-0.39, 0.29) is 0 Å². The number of methoxy groups -OCH3 is 1. The van der Waals surface area contributed by atoms with Gasteiger partial charge in [0.1, 0.15) is 11.9 Å². The van der Waals surface area contributed by atoms with Gasteiger partial charge in [-0.15, -0.1) is 0 Å². The molecular formula is C24H32N6O3. The van der Waals surface area contributed by atoms with Crippen molar-refractivity contribution in [1.29, 1.82) is 0 Å². The summed E-state index contributed by atoms with van der Waals surface area (Å²) in [6.07, 6.45) is 1.17. The van der Waals surface area contributed by atoms with Crippen LogP contribution in [0, 0.1) is 0 Å². The molecule has 1 aromatic heterocycles. The van der Waals surface area contributed by atoms with Gasteiger partial charge in [-0.05, 0) is 63.2 Å². The van der Waals surface area contributed by atoms with Crippen molar-refractivity contribution >= 4 is 17.5 Å². The molecule has 0 radical (unpaired) electrons. The Labute approximate surface area is 194 Å². The summed E-state index contributed by atoms with van der Waals surface area (Å²) in [5.74, 6) is 1.12. The normalized spacial score (nSPS) is 11.5. The monoisotopic (exact) mass is 452 g/mol. The number of carbonyl (C=O) groups is 1. The van der Waals surface area contributed by atoms with Crippen molar-refractivity contribution in [3.05, 3.63) is 53.9 Å². The molecule has 9 nitrogen and oxygen atoms in total. The molecule has 33 heavy (non-hydrogen) atoms. The van der Waals surface area contributed by atoms with Crippen molar-refractivity contribution in [2.24, 2.45) is 7.05 Å². The Morgan fingerprint density at radius 1 is 1.18 bits per heavy atom. The molecule has 0 aliphatic rings. The van der Waals surface area contributed by atoms with Crippen LogP contribution in [0.3, 0.4) is 0 Å². The number of nitrogen functional groups attached to an aromatic ring is 1. The van der Waals surface area contributed by atoms with Crippen LogP contribution >= 0.6 is 0 Å².